The monoisotopic (exact) mass is 295 g/mol. The minimum atomic E-state index is -0.732. The van der Waals surface area contributed by atoms with Gasteiger partial charge in [-0.3, -0.25) is 4.21 Å². The second-order valence-electron chi connectivity index (χ2n) is 3.20. The largest absolute Gasteiger partial charge is 0.311 e. The molecule has 1 N–H and O–H groups in total. The van der Waals surface area contributed by atoms with Gasteiger partial charge in [-0.15, -0.1) is 11.3 Å². The Hall–Kier alpha value is 0.290. The Morgan fingerprint density at radius 3 is 2.93 bits per heavy atom. The molecule has 0 radical (unpaired) electrons. The first-order valence-corrected chi connectivity index (χ1v) is 7.65. The number of halogens is 1. The van der Waals surface area contributed by atoms with Crippen LogP contribution < -0.4 is 5.32 Å². The van der Waals surface area contributed by atoms with E-state index in [1.807, 2.05) is 6.92 Å². The van der Waals surface area contributed by atoms with Crippen LogP contribution in [-0.4, -0.2) is 22.3 Å². The molecule has 1 heterocycles. The van der Waals surface area contributed by atoms with E-state index in [2.05, 4.69) is 32.7 Å². The van der Waals surface area contributed by atoms with Crippen LogP contribution >= 0.6 is 27.3 Å². The van der Waals surface area contributed by atoms with Crippen LogP contribution in [0.5, 0.6) is 0 Å². The number of thiophene rings is 1. The fourth-order valence-corrected chi connectivity index (χ4v) is 2.54. The average molecular weight is 296 g/mol. The molecule has 14 heavy (non-hydrogen) atoms. The Kier molecular flexibility index (Phi) is 5.30. The first-order valence-electron chi connectivity index (χ1n) is 4.35. The fraction of sp³-hybridized carbons (Fsp3) is 0.556. The van der Waals surface area contributed by atoms with Crippen molar-refractivity contribution in [1.82, 2.24) is 5.32 Å². The number of nitrogens with one attached hydrogen (secondary N) is 1. The minimum absolute atomic E-state index is 0.220. The van der Waals surface area contributed by atoms with Crippen molar-refractivity contribution in [2.45, 2.75) is 18.7 Å². The lowest BCUT2D eigenvalue weighted by molar-refractivity contribution is 0.647. The van der Waals surface area contributed by atoms with E-state index < -0.39 is 10.8 Å². The summed E-state index contributed by atoms with van der Waals surface area (Å²) in [5, 5.41) is 5.62. The summed E-state index contributed by atoms with van der Waals surface area (Å²) in [7, 11) is -0.732. The molecule has 0 amide bonds. The standard InChI is InChI=1S/C9H14BrNOS2/c1-7(14(2)12)4-11-5-8-3-9(10)13-6-8/h3,6-7,11H,4-5H2,1-2H3. The van der Waals surface area contributed by atoms with Gasteiger partial charge in [0.25, 0.3) is 0 Å². The van der Waals surface area contributed by atoms with Crippen LogP contribution in [0.4, 0.5) is 0 Å². The third-order valence-corrected chi connectivity index (χ3v) is 4.80. The quantitative estimate of drug-likeness (QED) is 0.904. The van der Waals surface area contributed by atoms with Crippen LogP contribution in [0.15, 0.2) is 15.2 Å². The van der Waals surface area contributed by atoms with Crippen LogP contribution in [0.2, 0.25) is 0 Å². The Morgan fingerprint density at radius 2 is 2.43 bits per heavy atom. The molecule has 0 aliphatic heterocycles. The van der Waals surface area contributed by atoms with Crippen molar-refractivity contribution >= 4 is 38.1 Å². The molecular weight excluding hydrogens is 282 g/mol. The normalized spacial score (nSPS) is 15.4. The molecule has 0 saturated carbocycles. The highest BCUT2D eigenvalue weighted by atomic mass is 79.9. The van der Waals surface area contributed by atoms with Gasteiger partial charge in [-0.05, 0) is 39.9 Å². The van der Waals surface area contributed by atoms with Gasteiger partial charge in [0.15, 0.2) is 0 Å². The maximum Gasteiger partial charge on any atom is 0.0701 e. The number of rotatable bonds is 5. The van der Waals surface area contributed by atoms with E-state index in [4.69, 9.17) is 0 Å². The van der Waals surface area contributed by atoms with Crippen molar-refractivity contribution in [3.8, 4) is 0 Å². The molecule has 0 saturated heterocycles. The molecule has 0 spiro atoms. The van der Waals surface area contributed by atoms with E-state index in [1.165, 1.54) is 5.56 Å². The second-order valence-corrected chi connectivity index (χ2v) is 7.29. The summed E-state index contributed by atoms with van der Waals surface area (Å²) in [6.07, 6.45) is 1.74. The van der Waals surface area contributed by atoms with Crippen molar-refractivity contribution in [3.05, 3.63) is 20.8 Å². The predicted molar refractivity (Wildman–Crippen MR) is 67.3 cm³/mol. The summed E-state index contributed by atoms with van der Waals surface area (Å²) >= 11 is 5.10. The van der Waals surface area contributed by atoms with E-state index in [1.54, 1.807) is 17.6 Å². The van der Waals surface area contributed by atoms with Crippen molar-refractivity contribution in [2.24, 2.45) is 0 Å². The molecule has 0 bridgehead atoms. The van der Waals surface area contributed by atoms with Crippen molar-refractivity contribution in [3.63, 3.8) is 0 Å². The van der Waals surface area contributed by atoms with Gasteiger partial charge < -0.3 is 5.32 Å². The van der Waals surface area contributed by atoms with Crippen molar-refractivity contribution < 1.29 is 4.21 Å². The van der Waals surface area contributed by atoms with Gasteiger partial charge >= 0.3 is 0 Å². The lowest BCUT2D eigenvalue weighted by Crippen LogP contribution is -2.26. The van der Waals surface area contributed by atoms with Gasteiger partial charge in [0.1, 0.15) is 0 Å². The van der Waals surface area contributed by atoms with Gasteiger partial charge in [-0.25, -0.2) is 0 Å². The van der Waals surface area contributed by atoms with E-state index in [0.717, 1.165) is 16.9 Å². The van der Waals surface area contributed by atoms with Crippen LogP contribution in [-0.2, 0) is 17.3 Å². The van der Waals surface area contributed by atoms with Crippen molar-refractivity contribution in [2.75, 3.05) is 12.8 Å². The van der Waals surface area contributed by atoms with Gasteiger partial charge in [-0.1, -0.05) is 0 Å². The lowest BCUT2D eigenvalue weighted by Gasteiger charge is -2.08. The summed E-state index contributed by atoms with van der Waals surface area (Å²) in [5.41, 5.74) is 1.27. The molecule has 0 aliphatic rings. The molecule has 2 atom stereocenters. The molecule has 0 fully saturated rings. The Balaban J connectivity index is 2.25. The molecule has 0 aromatic carbocycles. The second kappa shape index (κ2) is 6.00. The summed E-state index contributed by atoms with van der Waals surface area (Å²) in [4.78, 5) is 0. The highest BCUT2D eigenvalue weighted by Gasteiger charge is 2.05. The molecule has 2 unspecified atom stereocenters. The number of hydrogen-bond donors (Lipinski definition) is 1. The van der Waals surface area contributed by atoms with E-state index in [-0.39, 0.29) is 5.25 Å². The van der Waals surface area contributed by atoms with Crippen LogP contribution in [0.1, 0.15) is 12.5 Å². The van der Waals surface area contributed by atoms with Gasteiger partial charge in [0.2, 0.25) is 0 Å². The van der Waals surface area contributed by atoms with Gasteiger partial charge in [0, 0.05) is 35.4 Å². The summed E-state index contributed by atoms with van der Waals surface area (Å²) < 4.78 is 12.2. The van der Waals surface area contributed by atoms with Gasteiger partial charge in [-0.2, -0.15) is 0 Å². The van der Waals surface area contributed by atoms with Gasteiger partial charge in [0.05, 0.1) is 3.79 Å². The van der Waals surface area contributed by atoms with Crippen LogP contribution in [0, 0.1) is 0 Å². The molecule has 1 aromatic heterocycles. The Labute approximate surface area is 99.7 Å². The maximum absolute atomic E-state index is 11.1. The third kappa shape index (κ3) is 4.21. The molecule has 5 heteroatoms. The zero-order chi connectivity index (χ0) is 10.6. The summed E-state index contributed by atoms with van der Waals surface area (Å²) in [5.74, 6) is 0. The smallest absolute Gasteiger partial charge is 0.0701 e. The van der Waals surface area contributed by atoms with Crippen molar-refractivity contribution in [1.29, 1.82) is 0 Å². The lowest BCUT2D eigenvalue weighted by atomic mass is 10.3. The number of hydrogen-bond acceptors (Lipinski definition) is 3. The van der Waals surface area contributed by atoms with Crippen LogP contribution in [0.3, 0.4) is 0 Å². The fourth-order valence-electron chi connectivity index (χ4n) is 0.976. The van der Waals surface area contributed by atoms with E-state index >= 15 is 0 Å². The molecule has 80 valence electrons. The maximum atomic E-state index is 11.1. The first-order chi connectivity index (χ1) is 6.59. The Bertz CT molecular complexity index is 314. The Morgan fingerprint density at radius 1 is 1.71 bits per heavy atom. The summed E-state index contributed by atoms with van der Waals surface area (Å²) in [6.45, 7) is 3.65. The first kappa shape index (κ1) is 12.4. The van der Waals surface area contributed by atoms with E-state index in [9.17, 15) is 4.21 Å². The zero-order valence-corrected chi connectivity index (χ0v) is 11.5. The highest BCUT2D eigenvalue weighted by molar-refractivity contribution is 9.11. The third-order valence-electron chi connectivity index (χ3n) is 1.95. The molecule has 1 aromatic rings. The van der Waals surface area contributed by atoms with Crippen LogP contribution in [0.25, 0.3) is 0 Å². The molecular formula is C9H14BrNOS2. The molecule has 0 aliphatic carbocycles. The predicted octanol–water partition coefficient (Wildman–Crippen LogP) is 2.37. The minimum Gasteiger partial charge on any atom is -0.311 e. The average Bonchev–Trinajstić information content (AvgIpc) is 2.51. The molecule has 1 rings (SSSR count). The topological polar surface area (TPSA) is 29.1 Å². The highest BCUT2D eigenvalue weighted by Crippen LogP contribution is 2.20. The summed E-state index contributed by atoms with van der Waals surface area (Å²) in [6, 6.07) is 2.10. The SMILES string of the molecule is CC(CNCc1csc(Br)c1)S(C)=O. The zero-order valence-electron chi connectivity index (χ0n) is 8.25. The van der Waals surface area contributed by atoms with E-state index in [0.29, 0.717) is 0 Å². The molecule has 2 nitrogen and oxygen atoms in total.